The van der Waals surface area contributed by atoms with Crippen molar-refractivity contribution in [2.75, 3.05) is 13.7 Å². The molecule has 1 aromatic carbocycles. The van der Waals surface area contributed by atoms with E-state index in [-0.39, 0.29) is 5.75 Å². The number of nitrogens with one attached hydrogen (secondary N) is 1. The van der Waals surface area contributed by atoms with Gasteiger partial charge >= 0.3 is 0 Å². The second-order valence-electron chi connectivity index (χ2n) is 5.14. The summed E-state index contributed by atoms with van der Waals surface area (Å²) >= 11 is 0. The number of hydrogen-bond donors (Lipinski definition) is 1. The smallest absolute Gasteiger partial charge is 0.165 e. The number of aryl methyl sites for hydroxylation is 2. The summed E-state index contributed by atoms with van der Waals surface area (Å²) in [4.78, 5) is 0. The molecule has 0 aliphatic rings. The van der Waals surface area contributed by atoms with Crippen molar-refractivity contribution in [2.24, 2.45) is 0 Å². The molecular weight excluding hydrogens is 283 g/mol. The fraction of sp³-hybridized carbons (Fsp3) is 0.353. The summed E-state index contributed by atoms with van der Waals surface area (Å²) in [7, 11) is 1.50. The highest BCUT2D eigenvalue weighted by molar-refractivity contribution is 5.58. The van der Waals surface area contributed by atoms with Crippen molar-refractivity contribution in [3.05, 3.63) is 53.1 Å². The predicted octanol–water partition coefficient (Wildman–Crippen LogP) is 3.79. The van der Waals surface area contributed by atoms with Gasteiger partial charge < -0.3 is 9.47 Å². The first-order valence-corrected chi connectivity index (χ1v) is 7.19. The third-order valence-corrected chi connectivity index (χ3v) is 3.61. The Kier molecular flexibility index (Phi) is 5.20. The molecule has 0 amide bonds. The molecule has 1 N–H and O–H groups in total. The summed E-state index contributed by atoms with van der Waals surface area (Å²) in [6.45, 7) is 8.12. The van der Waals surface area contributed by atoms with Crippen molar-refractivity contribution in [2.45, 2.75) is 26.7 Å². The summed E-state index contributed by atoms with van der Waals surface area (Å²) < 4.78 is 24.4. The Bertz CT molecular complexity index is 645. The third-order valence-electron chi connectivity index (χ3n) is 3.61. The Balaban J connectivity index is 1.88. The van der Waals surface area contributed by atoms with Crippen LogP contribution in [0.2, 0.25) is 0 Å². The van der Waals surface area contributed by atoms with E-state index in [0.29, 0.717) is 17.9 Å². The zero-order chi connectivity index (χ0) is 16.1. The average molecular weight is 304 g/mol. The van der Waals surface area contributed by atoms with Crippen LogP contribution in [-0.4, -0.2) is 23.9 Å². The van der Waals surface area contributed by atoms with Crippen molar-refractivity contribution in [1.29, 1.82) is 0 Å². The van der Waals surface area contributed by atoms with Gasteiger partial charge in [-0.25, -0.2) is 4.39 Å². The topological polar surface area (TPSA) is 47.1 Å². The quantitative estimate of drug-likeness (QED) is 0.625. The number of benzene rings is 1. The van der Waals surface area contributed by atoms with Gasteiger partial charge in [0.1, 0.15) is 5.76 Å². The molecule has 4 nitrogen and oxygen atoms in total. The van der Waals surface area contributed by atoms with Crippen molar-refractivity contribution in [3.63, 3.8) is 0 Å². The third kappa shape index (κ3) is 3.67. The molecule has 0 bridgehead atoms. The number of methoxy groups -OCH3 is 1. The Morgan fingerprint density at radius 1 is 1.36 bits per heavy atom. The van der Waals surface area contributed by atoms with Crippen LogP contribution in [0.5, 0.6) is 5.75 Å². The van der Waals surface area contributed by atoms with Gasteiger partial charge in [-0.1, -0.05) is 6.58 Å². The second-order valence-corrected chi connectivity index (χ2v) is 5.14. The lowest BCUT2D eigenvalue weighted by Gasteiger charge is -2.09. The summed E-state index contributed by atoms with van der Waals surface area (Å²) in [6.07, 6.45) is 1.65. The molecule has 0 saturated heterocycles. The van der Waals surface area contributed by atoms with Gasteiger partial charge in [0.05, 0.1) is 19.4 Å². The predicted molar refractivity (Wildman–Crippen MR) is 84.3 cm³/mol. The molecule has 0 radical (unpaired) electrons. The maximum atomic E-state index is 13.9. The molecule has 22 heavy (non-hydrogen) atoms. The van der Waals surface area contributed by atoms with Gasteiger partial charge in [0.2, 0.25) is 0 Å². The lowest BCUT2D eigenvalue weighted by atomic mass is 10.1. The summed E-state index contributed by atoms with van der Waals surface area (Å²) in [6, 6.07) is 4.70. The van der Waals surface area contributed by atoms with Gasteiger partial charge in [-0.05, 0) is 50.5 Å². The molecule has 0 unspecified atom stereocenters. The van der Waals surface area contributed by atoms with E-state index < -0.39 is 5.82 Å². The van der Waals surface area contributed by atoms with Gasteiger partial charge in [-0.2, -0.15) is 5.10 Å². The molecule has 1 heterocycles. The number of H-pyrrole nitrogens is 1. The molecule has 118 valence electrons. The van der Waals surface area contributed by atoms with Crippen LogP contribution in [0.25, 0.3) is 5.76 Å². The Morgan fingerprint density at radius 3 is 2.73 bits per heavy atom. The van der Waals surface area contributed by atoms with Crippen LogP contribution < -0.4 is 4.74 Å². The van der Waals surface area contributed by atoms with Gasteiger partial charge in [0.15, 0.2) is 11.6 Å². The zero-order valence-corrected chi connectivity index (χ0v) is 13.2. The lowest BCUT2D eigenvalue weighted by Crippen LogP contribution is -2.02. The van der Waals surface area contributed by atoms with Gasteiger partial charge in [-0.3, -0.25) is 5.10 Å². The number of aromatic amines is 1. The Morgan fingerprint density at radius 2 is 2.14 bits per heavy atom. The molecule has 0 spiro atoms. The molecule has 0 atom stereocenters. The fourth-order valence-corrected chi connectivity index (χ4v) is 2.28. The first-order chi connectivity index (χ1) is 10.5. The number of ether oxygens (including phenoxy) is 2. The Hall–Kier alpha value is -2.30. The van der Waals surface area contributed by atoms with Crippen LogP contribution in [0.4, 0.5) is 4.39 Å². The van der Waals surface area contributed by atoms with E-state index in [2.05, 4.69) is 16.8 Å². The molecule has 5 heteroatoms. The molecule has 0 aliphatic heterocycles. The van der Waals surface area contributed by atoms with Crippen LogP contribution in [0.15, 0.2) is 24.8 Å². The maximum absolute atomic E-state index is 13.9. The second kappa shape index (κ2) is 7.11. The van der Waals surface area contributed by atoms with Gasteiger partial charge in [0.25, 0.3) is 0 Å². The monoisotopic (exact) mass is 304 g/mol. The fourth-order valence-electron chi connectivity index (χ4n) is 2.28. The molecule has 2 rings (SSSR count). The lowest BCUT2D eigenvalue weighted by molar-refractivity contribution is 0.295. The van der Waals surface area contributed by atoms with Crippen molar-refractivity contribution < 1.29 is 13.9 Å². The van der Waals surface area contributed by atoms with Crippen molar-refractivity contribution in [1.82, 2.24) is 10.2 Å². The summed E-state index contributed by atoms with van der Waals surface area (Å²) in [5.41, 5.74) is 3.89. The molecule has 0 fully saturated rings. The van der Waals surface area contributed by atoms with E-state index in [9.17, 15) is 4.39 Å². The van der Waals surface area contributed by atoms with Crippen LogP contribution in [0.3, 0.4) is 0 Å². The SMILES string of the molecule is C=C(OC)c1ccc(OCCCc2c(C)n[nH]c2C)c(F)c1. The first-order valence-electron chi connectivity index (χ1n) is 7.19. The molecule has 2 aromatic rings. The average Bonchev–Trinajstić information content (AvgIpc) is 2.83. The minimum Gasteiger partial charge on any atom is -0.497 e. The Labute approximate surface area is 130 Å². The largest absolute Gasteiger partial charge is 0.497 e. The standard InChI is InChI=1S/C17H21FN2O2/c1-11-15(12(2)20-19-11)6-5-9-22-17-8-7-14(10-16(17)18)13(3)21-4/h7-8,10H,3,5-6,9H2,1-2,4H3,(H,19,20). The maximum Gasteiger partial charge on any atom is 0.165 e. The highest BCUT2D eigenvalue weighted by Crippen LogP contribution is 2.22. The minimum absolute atomic E-state index is 0.244. The molecule has 0 saturated carbocycles. The van der Waals surface area contributed by atoms with Crippen molar-refractivity contribution >= 4 is 5.76 Å². The summed E-state index contributed by atoms with van der Waals surface area (Å²) in [5.74, 6) is 0.260. The number of nitrogens with zero attached hydrogens (tertiary/aromatic N) is 1. The van der Waals surface area contributed by atoms with Crippen LogP contribution in [0.1, 0.15) is 28.9 Å². The number of rotatable bonds is 7. The minimum atomic E-state index is -0.411. The molecular formula is C17H21FN2O2. The normalized spacial score (nSPS) is 10.5. The van der Waals surface area contributed by atoms with Crippen molar-refractivity contribution in [3.8, 4) is 5.75 Å². The highest BCUT2D eigenvalue weighted by atomic mass is 19.1. The van der Waals surface area contributed by atoms with Crippen LogP contribution >= 0.6 is 0 Å². The number of halogens is 1. The molecule has 0 aliphatic carbocycles. The van der Waals surface area contributed by atoms with Crippen LogP contribution in [-0.2, 0) is 11.2 Å². The van der Waals surface area contributed by atoms with Crippen LogP contribution in [0, 0.1) is 19.7 Å². The van der Waals surface area contributed by atoms with E-state index >= 15 is 0 Å². The first kappa shape index (κ1) is 16.1. The summed E-state index contributed by atoms with van der Waals surface area (Å²) in [5, 5.41) is 7.11. The van der Waals surface area contributed by atoms with E-state index in [1.165, 1.54) is 18.7 Å². The van der Waals surface area contributed by atoms with Gasteiger partial charge in [-0.15, -0.1) is 0 Å². The van der Waals surface area contributed by atoms with E-state index in [1.807, 2.05) is 13.8 Å². The number of aromatic nitrogens is 2. The van der Waals surface area contributed by atoms with E-state index in [0.717, 1.165) is 24.2 Å². The number of hydrogen-bond acceptors (Lipinski definition) is 3. The highest BCUT2D eigenvalue weighted by Gasteiger charge is 2.09. The van der Waals surface area contributed by atoms with Gasteiger partial charge in [0, 0.05) is 11.3 Å². The van der Waals surface area contributed by atoms with E-state index in [1.54, 1.807) is 12.1 Å². The molecule has 1 aromatic heterocycles. The van der Waals surface area contributed by atoms with E-state index in [4.69, 9.17) is 9.47 Å². The zero-order valence-electron chi connectivity index (χ0n) is 13.2.